The van der Waals surface area contributed by atoms with Gasteiger partial charge in [-0.15, -0.1) is 0 Å². The number of anilines is 1. The molecule has 1 heterocycles. The molecule has 3 aromatic rings. The lowest BCUT2D eigenvalue weighted by Gasteiger charge is -2.17. The highest BCUT2D eigenvalue weighted by molar-refractivity contribution is 7.92. The molecule has 1 aromatic heterocycles. The van der Waals surface area contributed by atoms with Gasteiger partial charge in [-0.2, -0.15) is 13.2 Å². The summed E-state index contributed by atoms with van der Waals surface area (Å²) in [5, 5.41) is 17.3. The number of hydrogen-bond acceptors (Lipinski definition) is 7. The van der Waals surface area contributed by atoms with Crippen molar-refractivity contribution in [3.8, 4) is 16.9 Å². The smallest absolute Gasteiger partial charge is 0.501 e. The molecule has 0 saturated carbocycles. The molecule has 1 unspecified atom stereocenters. The van der Waals surface area contributed by atoms with Gasteiger partial charge >= 0.3 is 5.51 Å². The molecule has 2 N–H and O–H groups in total. The highest BCUT2D eigenvalue weighted by atomic mass is 32.2. The standard InChI is InChI=1S/C22H21F3N2O6S2/c1-10-8-14(35(31,32)22(23,24)25)6-7-16(10)26-21(29)18-11(2)17(34(5)30)9-15(20(18)28)19-12(3)27-33-13(19)4/h6-9,28H,1-5H3,(H,26,29). The molecule has 8 nitrogen and oxygen atoms in total. The molecule has 3 rings (SSSR count). The maximum atomic E-state index is 13.2. The van der Waals surface area contributed by atoms with Crippen molar-refractivity contribution in [2.24, 2.45) is 0 Å². The molecule has 0 aliphatic rings. The number of halogens is 3. The van der Waals surface area contributed by atoms with Gasteiger partial charge in [-0.3, -0.25) is 9.00 Å². The molecule has 1 amide bonds. The molecule has 2 aromatic carbocycles. The van der Waals surface area contributed by atoms with Crippen molar-refractivity contribution in [3.05, 3.63) is 52.4 Å². The number of aromatic hydroxyl groups is 1. The number of aromatic nitrogens is 1. The normalized spacial score (nSPS) is 13.0. The van der Waals surface area contributed by atoms with Crippen LogP contribution in [0.5, 0.6) is 5.75 Å². The van der Waals surface area contributed by atoms with E-state index in [4.69, 9.17) is 4.52 Å². The van der Waals surface area contributed by atoms with Gasteiger partial charge in [0.25, 0.3) is 15.7 Å². The Balaban J connectivity index is 2.11. The molecule has 35 heavy (non-hydrogen) atoms. The fraction of sp³-hybridized carbons (Fsp3) is 0.273. The third-order valence-corrected chi connectivity index (χ3v) is 7.94. The minimum atomic E-state index is -5.57. The van der Waals surface area contributed by atoms with E-state index in [2.05, 4.69) is 10.5 Å². The number of amides is 1. The molecule has 188 valence electrons. The zero-order chi connectivity index (χ0) is 26.5. The lowest BCUT2D eigenvalue weighted by atomic mass is 9.96. The van der Waals surface area contributed by atoms with Gasteiger partial charge < -0.3 is 14.9 Å². The van der Waals surface area contributed by atoms with E-state index in [1.807, 2.05) is 0 Å². The second-order valence-corrected chi connectivity index (χ2v) is 11.1. The summed E-state index contributed by atoms with van der Waals surface area (Å²) in [4.78, 5) is 12.5. The fourth-order valence-corrected chi connectivity index (χ4v) is 5.30. The van der Waals surface area contributed by atoms with Crippen LogP contribution in [0.3, 0.4) is 0 Å². The maximum Gasteiger partial charge on any atom is 0.501 e. The Kier molecular flexibility index (Phi) is 6.88. The van der Waals surface area contributed by atoms with Crippen molar-refractivity contribution in [2.75, 3.05) is 11.6 Å². The van der Waals surface area contributed by atoms with Crippen molar-refractivity contribution in [2.45, 2.75) is 43.0 Å². The minimum absolute atomic E-state index is 0.0248. The summed E-state index contributed by atoms with van der Waals surface area (Å²) in [5.41, 5.74) is -4.37. The summed E-state index contributed by atoms with van der Waals surface area (Å²) in [6.07, 6.45) is 1.40. The average molecular weight is 531 g/mol. The average Bonchev–Trinajstić information content (AvgIpc) is 3.06. The molecule has 1 atom stereocenters. The van der Waals surface area contributed by atoms with Crippen molar-refractivity contribution in [3.63, 3.8) is 0 Å². The summed E-state index contributed by atoms with van der Waals surface area (Å²) in [6.45, 7) is 6.06. The number of nitrogens with one attached hydrogen (secondary N) is 1. The number of aryl methyl sites for hydroxylation is 3. The SMILES string of the molecule is Cc1cc(S(=O)(=O)C(F)(F)F)ccc1NC(=O)c1c(C)c(S(C)=O)cc(-c2c(C)noc2C)c1O. The first-order valence-corrected chi connectivity index (χ1v) is 13.0. The van der Waals surface area contributed by atoms with Crippen LogP contribution in [0, 0.1) is 27.7 Å². The topological polar surface area (TPSA) is 127 Å². The van der Waals surface area contributed by atoms with Crippen LogP contribution < -0.4 is 5.32 Å². The highest BCUT2D eigenvalue weighted by Crippen LogP contribution is 2.40. The number of hydrogen-bond donors (Lipinski definition) is 2. The van der Waals surface area contributed by atoms with E-state index in [9.17, 15) is 35.7 Å². The van der Waals surface area contributed by atoms with E-state index in [0.717, 1.165) is 18.2 Å². The molecule has 0 aliphatic carbocycles. The number of rotatable bonds is 5. The highest BCUT2D eigenvalue weighted by Gasteiger charge is 2.47. The van der Waals surface area contributed by atoms with Gasteiger partial charge in [-0.25, -0.2) is 8.42 Å². The molecule has 0 radical (unpaired) electrons. The Morgan fingerprint density at radius 3 is 2.26 bits per heavy atom. The summed E-state index contributed by atoms with van der Waals surface area (Å²) < 4.78 is 79.5. The van der Waals surface area contributed by atoms with Crippen LogP contribution in [0.4, 0.5) is 18.9 Å². The third-order valence-electron chi connectivity index (χ3n) is 5.41. The number of nitrogens with zero attached hydrogens (tertiary/aromatic N) is 1. The number of phenolic OH excluding ortho intramolecular Hbond substituents is 1. The van der Waals surface area contributed by atoms with Crippen molar-refractivity contribution in [1.29, 1.82) is 0 Å². The number of phenols is 1. The van der Waals surface area contributed by atoms with Crippen molar-refractivity contribution >= 4 is 32.2 Å². The second-order valence-electron chi connectivity index (χ2n) is 7.80. The number of carbonyl (C=O) groups excluding carboxylic acids is 1. The number of carbonyl (C=O) groups is 1. The zero-order valence-electron chi connectivity index (χ0n) is 19.2. The Hall–Kier alpha value is -3.19. The predicted octanol–water partition coefficient (Wildman–Crippen LogP) is 4.56. The first kappa shape index (κ1) is 26.4. The van der Waals surface area contributed by atoms with Crippen LogP contribution in [-0.2, 0) is 20.6 Å². The van der Waals surface area contributed by atoms with E-state index >= 15 is 0 Å². The van der Waals surface area contributed by atoms with E-state index in [-0.39, 0.29) is 32.8 Å². The first-order valence-electron chi connectivity index (χ1n) is 9.94. The molecule has 0 aliphatic heterocycles. The predicted molar refractivity (Wildman–Crippen MR) is 123 cm³/mol. The quantitative estimate of drug-likeness (QED) is 0.495. The van der Waals surface area contributed by atoms with E-state index in [1.165, 1.54) is 26.2 Å². The Morgan fingerprint density at radius 1 is 1.14 bits per heavy atom. The minimum Gasteiger partial charge on any atom is -0.506 e. The number of sulfone groups is 1. The Morgan fingerprint density at radius 2 is 1.77 bits per heavy atom. The van der Waals surface area contributed by atoms with Crippen LogP contribution in [0.15, 0.2) is 38.6 Å². The first-order chi connectivity index (χ1) is 16.1. The third kappa shape index (κ3) is 4.69. The summed E-state index contributed by atoms with van der Waals surface area (Å²) in [6, 6.07) is 4.02. The number of benzene rings is 2. The fourth-order valence-electron chi connectivity index (χ4n) is 3.64. The monoisotopic (exact) mass is 530 g/mol. The molecule has 0 spiro atoms. The molecular weight excluding hydrogens is 509 g/mol. The van der Waals surface area contributed by atoms with Crippen LogP contribution in [0.2, 0.25) is 0 Å². The summed E-state index contributed by atoms with van der Waals surface area (Å²) in [7, 11) is -7.11. The Labute approximate surface area is 201 Å². The van der Waals surface area contributed by atoms with Crippen molar-refractivity contribution < 1.29 is 40.2 Å². The van der Waals surface area contributed by atoms with Crippen LogP contribution in [-0.4, -0.2) is 40.6 Å². The van der Waals surface area contributed by atoms with Crippen LogP contribution in [0.1, 0.15) is 32.9 Å². The second kappa shape index (κ2) is 9.11. The Bertz CT molecular complexity index is 1460. The lowest BCUT2D eigenvalue weighted by molar-refractivity contribution is -0.0436. The number of alkyl halides is 3. The van der Waals surface area contributed by atoms with E-state index in [0.29, 0.717) is 17.0 Å². The lowest BCUT2D eigenvalue weighted by Crippen LogP contribution is -2.23. The van der Waals surface area contributed by atoms with Gasteiger partial charge in [0.05, 0.1) is 32.5 Å². The van der Waals surface area contributed by atoms with Gasteiger partial charge in [-0.05, 0) is 63.1 Å². The van der Waals surface area contributed by atoms with Gasteiger partial charge in [-0.1, -0.05) is 5.16 Å². The van der Waals surface area contributed by atoms with Gasteiger partial charge in [0, 0.05) is 22.4 Å². The van der Waals surface area contributed by atoms with Crippen LogP contribution in [0.25, 0.3) is 11.1 Å². The van der Waals surface area contributed by atoms with Crippen molar-refractivity contribution in [1.82, 2.24) is 5.16 Å². The molecular formula is C22H21F3N2O6S2. The summed E-state index contributed by atoms with van der Waals surface area (Å²) in [5.74, 6) is -0.912. The molecule has 0 bridgehead atoms. The molecule has 0 fully saturated rings. The van der Waals surface area contributed by atoms with E-state index < -0.39 is 42.7 Å². The molecule has 13 heteroatoms. The van der Waals surface area contributed by atoms with Gasteiger partial charge in [0.15, 0.2) is 0 Å². The van der Waals surface area contributed by atoms with Gasteiger partial charge in [0.2, 0.25) is 0 Å². The van der Waals surface area contributed by atoms with E-state index in [1.54, 1.807) is 13.8 Å². The molecule has 0 saturated heterocycles. The van der Waals surface area contributed by atoms with Gasteiger partial charge in [0.1, 0.15) is 11.5 Å². The summed E-state index contributed by atoms with van der Waals surface area (Å²) >= 11 is 0. The van der Waals surface area contributed by atoms with Crippen LogP contribution >= 0.6 is 0 Å². The largest absolute Gasteiger partial charge is 0.506 e. The maximum absolute atomic E-state index is 13.2. The zero-order valence-corrected chi connectivity index (χ0v) is 20.8.